The van der Waals surface area contributed by atoms with E-state index in [1.54, 1.807) is 0 Å². The van der Waals surface area contributed by atoms with Crippen LogP contribution >= 0.6 is 0 Å². The molecule has 0 aromatic rings. The van der Waals surface area contributed by atoms with Gasteiger partial charge in [0.1, 0.15) is 6.61 Å². The predicted octanol–water partition coefficient (Wildman–Crippen LogP) is 2.36. The number of hydrogen-bond donors (Lipinski definition) is 4. The summed E-state index contributed by atoms with van der Waals surface area (Å²) in [5.41, 5.74) is 0. The lowest BCUT2D eigenvalue weighted by Crippen LogP contribution is -2.18. The Morgan fingerprint density at radius 2 is 1.93 bits per heavy atom. The van der Waals surface area contributed by atoms with Crippen molar-refractivity contribution in [3.05, 3.63) is 12.2 Å². The van der Waals surface area contributed by atoms with Crippen LogP contribution in [0.15, 0.2) is 12.2 Å². The summed E-state index contributed by atoms with van der Waals surface area (Å²) in [5, 5.41) is 37.9. The van der Waals surface area contributed by atoms with Crippen molar-refractivity contribution in [3.8, 4) is 0 Å². The van der Waals surface area contributed by atoms with Crippen molar-refractivity contribution in [2.24, 2.45) is 23.7 Å². The van der Waals surface area contributed by atoms with Gasteiger partial charge in [0.25, 0.3) is 0 Å². The fourth-order valence-corrected chi connectivity index (χ4v) is 4.86. The Kier molecular flexibility index (Phi) is 9.76. The van der Waals surface area contributed by atoms with Crippen molar-refractivity contribution in [3.63, 3.8) is 0 Å². The standard InChI is InChI=1S/C21H36O6/c22-9-4-2-1-3-5-17(23)6-7-18-19-12-15(8-10-27-14-21(25)26)11-16(19)13-20(18)24/h6-7,15-20,22-24H,1-5,8-14H2,(H,25,26)/t15?,16-,17?,18-,19+,20-/m0/s1. The second-order valence-electron chi connectivity index (χ2n) is 8.26. The molecule has 2 aliphatic carbocycles. The predicted molar refractivity (Wildman–Crippen MR) is 102 cm³/mol. The van der Waals surface area contributed by atoms with Crippen molar-refractivity contribution in [2.75, 3.05) is 19.8 Å². The normalized spacial score (nSPS) is 31.4. The maximum atomic E-state index is 10.5. The molecule has 2 fully saturated rings. The molecule has 0 radical (unpaired) electrons. The van der Waals surface area contributed by atoms with Gasteiger partial charge in [0, 0.05) is 19.1 Å². The number of unbranched alkanes of at least 4 members (excludes halogenated alkanes) is 3. The highest BCUT2D eigenvalue weighted by Gasteiger charge is 2.46. The van der Waals surface area contributed by atoms with E-state index in [0.717, 1.165) is 57.8 Å². The topological polar surface area (TPSA) is 107 Å². The summed E-state index contributed by atoms with van der Waals surface area (Å²) in [6.07, 6.45) is 11.4. The van der Waals surface area contributed by atoms with Crippen LogP contribution in [0.2, 0.25) is 0 Å². The molecule has 0 spiro atoms. The Hall–Kier alpha value is -0.950. The van der Waals surface area contributed by atoms with Crippen LogP contribution in [0.3, 0.4) is 0 Å². The van der Waals surface area contributed by atoms with Gasteiger partial charge in [-0.15, -0.1) is 0 Å². The maximum Gasteiger partial charge on any atom is 0.329 e. The van der Waals surface area contributed by atoms with Gasteiger partial charge in [-0.05, 0) is 56.3 Å². The molecule has 0 bridgehead atoms. The second-order valence-corrected chi connectivity index (χ2v) is 8.26. The minimum absolute atomic E-state index is 0.115. The van der Waals surface area contributed by atoms with Crippen LogP contribution in [0.25, 0.3) is 0 Å². The molecule has 2 saturated carbocycles. The fourth-order valence-electron chi connectivity index (χ4n) is 4.86. The molecule has 4 N–H and O–H groups in total. The van der Waals surface area contributed by atoms with Crippen LogP contribution in [-0.4, -0.2) is 58.4 Å². The molecule has 2 aliphatic rings. The number of carboxylic acid groups (broad SMARTS) is 1. The number of ether oxygens (including phenoxy) is 1. The van der Waals surface area contributed by atoms with Crippen molar-refractivity contribution >= 4 is 5.97 Å². The Labute approximate surface area is 162 Å². The highest BCUT2D eigenvalue weighted by Crippen LogP contribution is 2.51. The van der Waals surface area contributed by atoms with Gasteiger partial charge in [-0.25, -0.2) is 4.79 Å². The van der Waals surface area contributed by atoms with E-state index in [9.17, 15) is 15.0 Å². The largest absolute Gasteiger partial charge is 0.480 e. The third-order valence-electron chi connectivity index (χ3n) is 6.19. The molecule has 0 aromatic carbocycles. The molecule has 2 rings (SSSR count). The van der Waals surface area contributed by atoms with Crippen molar-refractivity contribution < 1.29 is 30.0 Å². The number of carbonyl (C=O) groups is 1. The average Bonchev–Trinajstić information content (AvgIpc) is 3.13. The summed E-state index contributed by atoms with van der Waals surface area (Å²) in [6.45, 7) is 0.479. The number of fused-ring (bicyclic) bond motifs is 1. The van der Waals surface area contributed by atoms with E-state index in [0.29, 0.717) is 24.4 Å². The van der Waals surface area contributed by atoms with Gasteiger partial charge >= 0.3 is 5.97 Å². The second kappa shape index (κ2) is 11.8. The quantitative estimate of drug-likeness (QED) is 0.287. The summed E-state index contributed by atoms with van der Waals surface area (Å²) >= 11 is 0. The van der Waals surface area contributed by atoms with Crippen LogP contribution in [0.4, 0.5) is 0 Å². The zero-order valence-electron chi connectivity index (χ0n) is 16.2. The van der Waals surface area contributed by atoms with Gasteiger partial charge in [0.2, 0.25) is 0 Å². The van der Waals surface area contributed by atoms with Crippen molar-refractivity contribution in [1.82, 2.24) is 0 Å². The van der Waals surface area contributed by atoms with Gasteiger partial charge in [-0.3, -0.25) is 0 Å². The molecule has 27 heavy (non-hydrogen) atoms. The molecule has 156 valence electrons. The van der Waals surface area contributed by atoms with Gasteiger partial charge in [0.15, 0.2) is 0 Å². The lowest BCUT2D eigenvalue weighted by atomic mass is 9.89. The average molecular weight is 385 g/mol. The zero-order valence-corrected chi connectivity index (χ0v) is 16.2. The van der Waals surface area contributed by atoms with Crippen LogP contribution in [0.5, 0.6) is 0 Å². The summed E-state index contributed by atoms with van der Waals surface area (Å²) in [7, 11) is 0. The Morgan fingerprint density at radius 3 is 2.67 bits per heavy atom. The summed E-state index contributed by atoms with van der Waals surface area (Å²) < 4.78 is 5.16. The molecular formula is C21H36O6. The van der Waals surface area contributed by atoms with E-state index in [2.05, 4.69) is 0 Å². The zero-order chi connectivity index (χ0) is 19.6. The number of aliphatic hydroxyl groups excluding tert-OH is 3. The van der Waals surface area contributed by atoms with Crippen molar-refractivity contribution in [1.29, 1.82) is 0 Å². The molecule has 6 nitrogen and oxygen atoms in total. The first-order chi connectivity index (χ1) is 13.0. The number of hydrogen-bond acceptors (Lipinski definition) is 5. The first-order valence-electron chi connectivity index (χ1n) is 10.5. The SMILES string of the molecule is O=C(O)COCCC1C[C@H]2C[C@H](O)[C@@H](C=CC(O)CCCCCCO)[C@@H]2C1. The highest BCUT2D eigenvalue weighted by atomic mass is 16.5. The van der Waals surface area contributed by atoms with Gasteiger partial charge in [-0.1, -0.05) is 31.4 Å². The smallest absolute Gasteiger partial charge is 0.329 e. The van der Waals surface area contributed by atoms with Crippen LogP contribution in [0, 0.1) is 23.7 Å². The van der Waals surface area contributed by atoms with Crippen LogP contribution in [0.1, 0.15) is 57.8 Å². The van der Waals surface area contributed by atoms with E-state index < -0.39 is 12.1 Å². The molecule has 0 amide bonds. The molecule has 0 saturated heterocycles. The lowest BCUT2D eigenvalue weighted by molar-refractivity contribution is -0.142. The van der Waals surface area contributed by atoms with E-state index in [1.165, 1.54) is 0 Å². The van der Waals surface area contributed by atoms with E-state index in [1.807, 2.05) is 12.2 Å². The molecule has 6 atom stereocenters. The van der Waals surface area contributed by atoms with E-state index in [-0.39, 0.29) is 25.2 Å². The Morgan fingerprint density at radius 1 is 1.15 bits per heavy atom. The molecular weight excluding hydrogens is 348 g/mol. The summed E-state index contributed by atoms with van der Waals surface area (Å²) in [4.78, 5) is 10.5. The van der Waals surface area contributed by atoms with Gasteiger partial charge in [-0.2, -0.15) is 0 Å². The minimum Gasteiger partial charge on any atom is -0.480 e. The number of aliphatic hydroxyl groups is 3. The molecule has 6 heteroatoms. The summed E-state index contributed by atoms with van der Waals surface area (Å²) in [6, 6.07) is 0. The molecule has 0 aliphatic heterocycles. The molecule has 2 unspecified atom stereocenters. The van der Waals surface area contributed by atoms with Gasteiger partial charge < -0.3 is 25.2 Å². The Balaban J connectivity index is 1.71. The third-order valence-corrected chi connectivity index (χ3v) is 6.19. The first kappa shape index (κ1) is 22.3. The van der Waals surface area contributed by atoms with E-state index in [4.69, 9.17) is 14.9 Å². The monoisotopic (exact) mass is 384 g/mol. The van der Waals surface area contributed by atoms with Gasteiger partial charge in [0.05, 0.1) is 12.2 Å². The minimum atomic E-state index is -0.932. The number of aliphatic carboxylic acids is 1. The molecule has 0 heterocycles. The number of rotatable bonds is 13. The number of carboxylic acids is 1. The van der Waals surface area contributed by atoms with Crippen molar-refractivity contribution in [2.45, 2.75) is 70.0 Å². The maximum absolute atomic E-state index is 10.5. The highest BCUT2D eigenvalue weighted by molar-refractivity contribution is 5.67. The Bertz CT molecular complexity index is 466. The van der Waals surface area contributed by atoms with Crippen LogP contribution in [-0.2, 0) is 9.53 Å². The fraction of sp³-hybridized carbons (Fsp3) is 0.857. The van der Waals surface area contributed by atoms with E-state index >= 15 is 0 Å². The summed E-state index contributed by atoms with van der Waals surface area (Å²) in [5.74, 6) is 0.698. The lowest BCUT2D eigenvalue weighted by Gasteiger charge is -2.19. The first-order valence-corrected chi connectivity index (χ1v) is 10.5. The third kappa shape index (κ3) is 7.53. The van der Waals surface area contributed by atoms with Crippen LogP contribution < -0.4 is 0 Å². The molecule has 0 aromatic heterocycles.